The smallest absolute Gasteiger partial charge is 0.285 e. The van der Waals surface area contributed by atoms with Gasteiger partial charge >= 0.3 is 5.69 Å². The summed E-state index contributed by atoms with van der Waals surface area (Å²) in [7, 11) is 0. The van der Waals surface area contributed by atoms with E-state index < -0.39 is 17.4 Å². The number of hydrogen-bond donors (Lipinski definition) is 1. The number of fused-ring (bicyclic) bond motifs is 1. The Hall–Kier alpha value is -2.29. The highest BCUT2D eigenvalue weighted by Crippen LogP contribution is 2.28. The van der Waals surface area contributed by atoms with E-state index >= 15 is 0 Å². The van der Waals surface area contributed by atoms with E-state index in [0.717, 1.165) is 23.2 Å². The lowest BCUT2D eigenvalue weighted by Crippen LogP contribution is -2.20. The Kier molecular flexibility index (Phi) is 4.12. The van der Waals surface area contributed by atoms with Gasteiger partial charge in [-0.05, 0) is 24.6 Å². The highest BCUT2D eigenvalue weighted by molar-refractivity contribution is 7.99. The number of H-pyrrole nitrogens is 1. The van der Waals surface area contributed by atoms with E-state index in [-0.39, 0.29) is 16.6 Å². The van der Waals surface area contributed by atoms with Crippen molar-refractivity contribution in [1.29, 1.82) is 0 Å². The molecule has 3 rings (SSSR count). The van der Waals surface area contributed by atoms with Gasteiger partial charge in [-0.15, -0.1) is 0 Å². The minimum absolute atomic E-state index is 0.0808. The maximum absolute atomic E-state index is 13.1. The molecule has 0 bridgehead atoms. The molecule has 0 amide bonds. The van der Waals surface area contributed by atoms with Crippen LogP contribution < -0.4 is 5.69 Å². The first-order chi connectivity index (χ1) is 11.2. The van der Waals surface area contributed by atoms with Crippen molar-refractivity contribution in [2.45, 2.75) is 24.9 Å². The molecule has 9 heteroatoms. The largest absolute Gasteiger partial charge is 0.350 e. The first-order valence-corrected chi connectivity index (χ1v) is 7.99. The number of aromatic nitrogens is 4. The fourth-order valence-corrected chi connectivity index (χ4v) is 2.95. The Morgan fingerprint density at radius 3 is 2.58 bits per heavy atom. The summed E-state index contributed by atoms with van der Waals surface area (Å²) in [5.41, 5.74) is 1.40. The summed E-state index contributed by atoms with van der Waals surface area (Å²) < 4.78 is 40.2. The molecule has 0 saturated carbocycles. The van der Waals surface area contributed by atoms with E-state index in [1.807, 2.05) is 0 Å². The molecule has 0 unspecified atom stereocenters. The van der Waals surface area contributed by atoms with Gasteiger partial charge in [0, 0.05) is 12.5 Å². The average Bonchev–Trinajstić information content (AvgIpc) is 2.82. The number of nitrogens with one attached hydrogen (secondary N) is 1. The predicted molar refractivity (Wildman–Crippen MR) is 85.1 cm³/mol. The molecule has 3 aromatic rings. The van der Waals surface area contributed by atoms with Gasteiger partial charge in [0.05, 0.1) is 11.4 Å². The highest BCUT2D eigenvalue weighted by Gasteiger charge is 2.23. The molecule has 2 aromatic heterocycles. The minimum atomic E-state index is -2.88. The van der Waals surface area contributed by atoms with Crippen molar-refractivity contribution < 1.29 is 13.2 Å². The van der Waals surface area contributed by atoms with Crippen LogP contribution in [0.1, 0.15) is 12.6 Å². The maximum atomic E-state index is 13.1. The minimum Gasteiger partial charge on any atom is -0.285 e. The van der Waals surface area contributed by atoms with E-state index in [0.29, 0.717) is 16.8 Å². The summed E-state index contributed by atoms with van der Waals surface area (Å²) in [5, 5.41) is 4.20. The molecular formula is C15H13F3N4OS. The monoisotopic (exact) mass is 354 g/mol. The second kappa shape index (κ2) is 5.97. The third kappa shape index (κ3) is 3.30. The molecule has 0 aliphatic rings. The quantitative estimate of drug-likeness (QED) is 0.731. The van der Waals surface area contributed by atoms with E-state index in [4.69, 9.17) is 0 Å². The Morgan fingerprint density at radius 1 is 1.29 bits per heavy atom. The van der Waals surface area contributed by atoms with Crippen LogP contribution in [-0.4, -0.2) is 31.3 Å². The van der Waals surface area contributed by atoms with Crippen LogP contribution in [0.2, 0.25) is 0 Å². The third-order valence-corrected chi connectivity index (χ3v) is 4.36. The van der Waals surface area contributed by atoms with Crippen LogP contribution in [0, 0.1) is 12.7 Å². The standard InChI is InChI=1S/C15H13F3N4OS/c1-8-11(9-3-5-10(16)6-4-9)12-19-13(24-7-15(2,17)18)20-14(23)22(12)21-8/h3-6H,7H2,1-2H3,(H,19,20,23). The van der Waals surface area contributed by atoms with Crippen LogP contribution >= 0.6 is 11.8 Å². The summed E-state index contributed by atoms with van der Waals surface area (Å²) in [5.74, 6) is -3.78. The van der Waals surface area contributed by atoms with Crippen LogP contribution in [0.3, 0.4) is 0 Å². The van der Waals surface area contributed by atoms with Gasteiger partial charge in [-0.25, -0.2) is 22.9 Å². The lowest BCUT2D eigenvalue weighted by Gasteiger charge is -2.08. The zero-order valence-corrected chi connectivity index (χ0v) is 13.6. The lowest BCUT2D eigenvalue weighted by molar-refractivity contribution is 0.0492. The number of halogens is 3. The number of hydrogen-bond acceptors (Lipinski definition) is 4. The van der Waals surface area contributed by atoms with E-state index in [1.54, 1.807) is 19.1 Å². The molecule has 0 spiro atoms. The van der Waals surface area contributed by atoms with Crippen LogP contribution in [-0.2, 0) is 0 Å². The molecule has 0 aliphatic heterocycles. The number of alkyl halides is 2. The number of nitrogens with zero attached hydrogens (tertiary/aromatic N) is 3. The van der Waals surface area contributed by atoms with Gasteiger partial charge in [-0.3, -0.25) is 4.98 Å². The van der Waals surface area contributed by atoms with Gasteiger partial charge in [0.15, 0.2) is 10.8 Å². The number of aromatic amines is 1. The molecule has 0 aliphatic carbocycles. The molecule has 5 nitrogen and oxygen atoms in total. The zero-order chi connectivity index (χ0) is 17.5. The molecule has 0 fully saturated rings. The Morgan fingerprint density at radius 2 is 1.96 bits per heavy atom. The van der Waals surface area contributed by atoms with Gasteiger partial charge < -0.3 is 0 Å². The fraction of sp³-hybridized carbons (Fsp3) is 0.267. The fourth-order valence-electron chi connectivity index (χ4n) is 2.25. The second-order valence-corrected chi connectivity index (χ2v) is 6.37. The zero-order valence-electron chi connectivity index (χ0n) is 12.8. The summed E-state index contributed by atoms with van der Waals surface area (Å²) in [6, 6.07) is 5.68. The van der Waals surface area contributed by atoms with Crippen molar-refractivity contribution in [3.05, 3.63) is 46.3 Å². The number of rotatable bonds is 4. The Labute approximate surface area is 138 Å². The van der Waals surface area contributed by atoms with Gasteiger partial charge in [0.2, 0.25) is 0 Å². The van der Waals surface area contributed by atoms with Gasteiger partial charge in [0.1, 0.15) is 5.82 Å². The maximum Gasteiger partial charge on any atom is 0.350 e. The molecule has 24 heavy (non-hydrogen) atoms. The third-order valence-electron chi connectivity index (χ3n) is 3.24. The Balaban J connectivity index is 2.12. The molecule has 0 atom stereocenters. The number of benzene rings is 1. The summed E-state index contributed by atoms with van der Waals surface area (Å²) in [4.78, 5) is 18.8. The van der Waals surface area contributed by atoms with Crippen molar-refractivity contribution in [2.24, 2.45) is 0 Å². The summed E-state index contributed by atoms with van der Waals surface area (Å²) in [6.45, 7) is 2.49. The molecule has 2 heterocycles. The van der Waals surface area contributed by atoms with Crippen molar-refractivity contribution in [3.63, 3.8) is 0 Å². The normalized spacial score (nSPS) is 12.0. The van der Waals surface area contributed by atoms with Crippen LogP contribution in [0.25, 0.3) is 16.8 Å². The van der Waals surface area contributed by atoms with E-state index in [1.165, 1.54) is 12.1 Å². The number of aryl methyl sites for hydroxylation is 1. The molecule has 1 aromatic carbocycles. The second-order valence-electron chi connectivity index (χ2n) is 5.41. The molecular weight excluding hydrogens is 341 g/mol. The van der Waals surface area contributed by atoms with Gasteiger partial charge in [-0.2, -0.15) is 9.61 Å². The summed E-state index contributed by atoms with van der Waals surface area (Å²) >= 11 is 0.754. The first kappa shape index (κ1) is 16.6. The van der Waals surface area contributed by atoms with Crippen LogP contribution in [0.4, 0.5) is 13.2 Å². The van der Waals surface area contributed by atoms with Gasteiger partial charge in [0.25, 0.3) is 5.92 Å². The van der Waals surface area contributed by atoms with Gasteiger partial charge in [-0.1, -0.05) is 23.9 Å². The molecule has 1 N–H and O–H groups in total. The highest BCUT2D eigenvalue weighted by atomic mass is 32.2. The molecule has 126 valence electrons. The Bertz CT molecular complexity index is 944. The van der Waals surface area contributed by atoms with Crippen LogP contribution in [0.15, 0.2) is 34.2 Å². The molecule has 0 radical (unpaired) electrons. The van der Waals surface area contributed by atoms with E-state index in [9.17, 15) is 18.0 Å². The SMILES string of the molecule is Cc1nn2c(=O)[nH]c(SCC(C)(F)F)nc2c1-c1ccc(F)cc1. The van der Waals surface area contributed by atoms with Crippen molar-refractivity contribution in [3.8, 4) is 11.1 Å². The van der Waals surface area contributed by atoms with Crippen LogP contribution in [0.5, 0.6) is 0 Å². The van der Waals surface area contributed by atoms with Crippen molar-refractivity contribution in [2.75, 3.05) is 5.75 Å². The molecule has 0 saturated heterocycles. The topological polar surface area (TPSA) is 63.1 Å². The number of thioether (sulfide) groups is 1. The predicted octanol–water partition coefficient (Wildman–Crippen LogP) is 3.28. The van der Waals surface area contributed by atoms with E-state index in [2.05, 4.69) is 15.1 Å². The van der Waals surface area contributed by atoms with Crippen molar-refractivity contribution >= 4 is 17.4 Å². The lowest BCUT2D eigenvalue weighted by atomic mass is 10.1. The first-order valence-electron chi connectivity index (χ1n) is 7.01. The van der Waals surface area contributed by atoms with Crippen molar-refractivity contribution in [1.82, 2.24) is 19.6 Å². The summed E-state index contributed by atoms with van der Waals surface area (Å²) in [6.07, 6.45) is 0. The average molecular weight is 354 g/mol.